The molecule has 3 nitrogen and oxygen atoms in total. The quantitative estimate of drug-likeness (QED) is 0.652. The molecule has 0 bridgehead atoms. The Hall–Kier alpha value is -2.49. The molecular formula is C21H23FN2O. The summed E-state index contributed by atoms with van der Waals surface area (Å²) in [5.74, 6) is -0.183. The van der Waals surface area contributed by atoms with Crippen LogP contribution in [0.2, 0.25) is 0 Å². The maximum absolute atomic E-state index is 13.1. The van der Waals surface area contributed by atoms with Crippen molar-refractivity contribution in [3.8, 4) is 0 Å². The summed E-state index contributed by atoms with van der Waals surface area (Å²) in [6, 6.07) is 14.6. The van der Waals surface area contributed by atoms with Crippen molar-refractivity contribution in [3.05, 3.63) is 71.0 Å². The van der Waals surface area contributed by atoms with Gasteiger partial charge in [0.2, 0.25) is 5.91 Å². The summed E-state index contributed by atoms with van der Waals surface area (Å²) >= 11 is 0. The van der Waals surface area contributed by atoms with Crippen LogP contribution in [0.15, 0.2) is 53.6 Å². The van der Waals surface area contributed by atoms with Crippen LogP contribution in [-0.2, 0) is 10.2 Å². The highest BCUT2D eigenvalue weighted by molar-refractivity contribution is 5.85. The molecule has 0 aliphatic heterocycles. The molecule has 25 heavy (non-hydrogen) atoms. The summed E-state index contributed by atoms with van der Waals surface area (Å²) in [6.45, 7) is 6.56. The van der Waals surface area contributed by atoms with E-state index < -0.39 is 0 Å². The predicted octanol–water partition coefficient (Wildman–Crippen LogP) is 4.38. The number of rotatable bonds is 4. The Morgan fingerprint density at radius 3 is 2.56 bits per heavy atom. The van der Waals surface area contributed by atoms with Crippen molar-refractivity contribution in [2.24, 2.45) is 11.0 Å². The molecule has 2 atom stereocenters. The summed E-state index contributed by atoms with van der Waals surface area (Å²) < 4.78 is 13.1. The van der Waals surface area contributed by atoms with Crippen LogP contribution in [0.4, 0.5) is 4.39 Å². The SMILES string of the molecule is CC(C)(C)c1ccc(C2CC2C(=O)N/N=C\c2cccc(F)c2)cc1. The number of hydrazone groups is 1. The van der Waals surface area contributed by atoms with Crippen molar-refractivity contribution in [2.45, 2.75) is 38.5 Å². The van der Waals surface area contributed by atoms with Gasteiger partial charge in [0.15, 0.2) is 0 Å². The highest BCUT2D eigenvalue weighted by Gasteiger charge is 2.43. The van der Waals surface area contributed by atoms with Gasteiger partial charge in [-0.2, -0.15) is 5.10 Å². The summed E-state index contributed by atoms with van der Waals surface area (Å²) in [7, 11) is 0. The van der Waals surface area contributed by atoms with E-state index in [4.69, 9.17) is 0 Å². The Labute approximate surface area is 148 Å². The number of nitrogens with zero attached hydrogens (tertiary/aromatic N) is 1. The molecule has 130 valence electrons. The lowest BCUT2D eigenvalue weighted by Crippen LogP contribution is -2.20. The normalized spacial score (nSPS) is 19.8. The molecule has 0 spiro atoms. The van der Waals surface area contributed by atoms with Gasteiger partial charge in [-0.05, 0) is 46.6 Å². The first-order valence-corrected chi connectivity index (χ1v) is 8.53. The van der Waals surface area contributed by atoms with E-state index in [0.717, 1.165) is 6.42 Å². The number of nitrogens with one attached hydrogen (secondary N) is 1. The monoisotopic (exact) mass is 338 g/mol. The fraction of sp³-hybridized carbons (Fsp3) is 0.333. The van der Waals surface area contributed by atoms with Gasteiger partial charge in [0, 0.05) is 5.92 Å². The molecule has 0 aromatic heterocycles. The number of hydrogen-bond donors (Lipinski definition) is 1. The molecular weight excluding hydrogens is 315 g/mol. The number of carbonyl (C=O) groups excluding carboxylic acids is 1. The average Bonchev–Trinajstić information content (AvgIpc) is 3.35. The van der Waals surface area contributed by atoms with Gasteiger partial charge in [-0.15, -0.1) is 0 Å². The molecule has 4 heteroatoms. The number of benzene rings is 2. The van der Waals surface area contributed by atoms with E-state index in [1.54, 1.807) is 12.1 Å². The van der Waals surface area contributed by atoms with Gasteiger partial charge < -0.3 is 0 Å². The molecule has 1 N–H and O–H groups in total. The number of halogens is 1. The Morgan fingerprint density at radius 1 is 1.20 bits per heavy atom. The predicted molar refractivity (Wildman–Crippen MR) is 98.1 cm³/mol. The summed E-state index contributed by atoms with van der Waals surface area (Å²) in [6.07, 6.45) is 2.30. The molecule has 2 aromatic rings. The van der Waals surface area contributed by atoms with E-state index in [9.17, 15) is 9.18 Å². The summed E-state index contributed by atoms with van der Waals surface area (Å²) in [4.78, 5) is 12.2. The van der Waals surface area contributed by atoms with Crippen LogP contribution in [0.3, 0.4) is 0 Å². The lowest BCUT2D eigenvalue weighted by Gasteiger charge is -2.19. The van der Waals surface area contributed by atoms with E-state index >= 15 is 0 Å². The lowest BCUT2D eigenvalue weighted by atomic mass is 9.86. The van der Waals surface area contributed by atoms with E-state index in [1.165, 1.54) is 29.5 Å². The number of amides is 1. The number of hydrogen-bond acceptors (Lipinski definition) is 2. The molecule has 1 fully saturated rings. The van der Waals surface area contributed by atoms with Crippen molar-refractivity contribution in [2.75, 3.05) is 0 Å². The summed E-state index contributed by atoms with van der Waals surface area (Å²) in [5.41, 5.74) is 5.79. The first-order chi connectivity index (χ1) is 11.8. The van der Waals surface area contributed by atoms with Crippen molar-refractivity contribution in [1.82, 2.24) is 5.43 Å². The van der Waals surface area contributed by atoms with Crippen LogP contribution in [0.1, 0.15) is 49.8 Å². The first-order valence-electron chi connectivity index (χ1n) is 8.53. The third kappa shape index (κ3) is 4.32. The van der Waals surface area contributed by atoms with Gasteiger partial charge in [-0.3, -0.25) is 4.79 Å². The molecule has 0 saturated heterocycles. The second kappa shape index (κ2) is 6.79. The standard InChI is InChI=1S/C21H23FN2O/c1-21(2,3)16-9-7-15(8-10-16)18-12-19(18)20(25)24-23-13-14-5-4-6-17(22)11-14/h4-11,13,18-19H,12H2,1-3H3,(H,24,25)/b23-13-. The van der Waals surface area contributed by atoms with Crippen molar-refractivity contribution in [1.29, 1.82) is 0 Å². The van der Waals surface area contributed by atoms with E-state index in [1.807, 2.05) is 0 Å². The molecule has 1 aliphatic rings. The third-order valence-corrected chi connectivity index (χ3v) is 4.57. The minimum Gasteiger partial charge on any atom is -0.273 e. The van der Waals surface area contributed by atoms with Crippen molar-refractivity contribution < 1.29 is 9.18 Å². The van der Waals surface area contributed by atoms with Crippen LogP contribution in [0.25, 0.3) is 0 Å². The fourth-order valence-electron chi connectivity index (χ4n) is 2.92. The van der Waals surface area contributed by atoms with Crippen LogP contribution in [-0.4, -0.2) is 12.1 Å². The van der Waals surface area contributed by atoms with Crippen molar-refractivity contribution in [3.63, 3.8) is 0 Å². The molecule has 0 radical (unpaired) electrons. The largest absolute Gasteiger partial charge is 0.273 e. The Kier molecular flexibility index (Phi) is 4.71. The second-order valence-electron chi connectivity index (χ2n) is 7.61. The Morgan fingerprint density at radius 2 is 1.92 bits per heavy atom. The smallest absolute Gasteiger partial charge is 0.243 e. The minimum atomic E-state index is -0.323. The van der Waals surface area contributed by atoms with Crippen LogP contribution in [0.5, 0.6) is 0 Å². The first kappa shape index (κ1) is 17.3. The topological polar surface area (TPSA) is 41.5 Å². The Bertz CT molecular complexity index is 790. The lowest BCUT2D eigenvalue weighted by molar-refractivity contribution is -0.122. The van der Waals surface area contributed by atoms with Gasteiger partial charge in [-0.1, -0.05) is 57.2 Å². The molecule has 2 unspecified atom stereocenters. The summed E-state index contributed by atoms with van der Waals surface area (Å²) in [5, 5.41) is 3.93. The molecule has 1 aliphatic carbocycles. The second-order valence-corrected chi connectivity index (χ2v) is 7.61. The average molecular weight is 338 g/mol. The zero-order chi connectivity index (χ0) is 18.0. The molecule has 3 rings (SSSR count). The van der Waals surface area contributed by atoms with E-state index in [-0.39, 0.29) is 29.0 Å². The molecule has 1 amide bonds. The molecule has 2 aromatic carbocycles. The van der Waals surface area contributed by atoms with Crippen LogP contribution in [0, 0.1) is 11.7 Å². The third-order valence-electron chi connectivity index (χ3n) is 4.57. The molecule has 0 heterocycles. The Balaban J connectivity index is 1.55. The van der Waals surface area contributed by atoms with Crippen molar-refractivity contribution >= 4 is 12.1 Å². The highest BCUT2D eigenvalue weighted by atomic mass is 19.1. The van der Waals surface area contributed by atoms with Gasteiger partial charge in [-0.25, -0.2) is 9.82 Å². The zero-order valence-corrected chi connectivity index (χ0v) is 14.8. The van der Waals surface area contributed by atoms with Gasteiger partial charge in [0.05, 0.1) is 6.21 Å². The minimum absolute atomic E-state index is 0.0369. The fourth-order valence-corrected chi connectivity index (χ4v) is 2.92. The maximum atomic E-state index is 13.1. The maximum Gasteiger partial charge on any atom is 0.243 e. The van der Waals surface area contributed by atoms with E-state index in [0.29, 0.717) is 5.56 Å². The van der Waals surface area contributed by atoms with E-state index in [2.05, 4.69) is 55.6 Å². The van der Waals surface area contributed by atoms with Gasteiger partial charge >= 0.3 is 0 Å². The van der Waals surface area contributed by atoms with Crippen LogP contribution < -0.4 is 5.43 Å². The van der Waals surface area contributed by atoms with Gasteiger partial charge in [0.1, 0.15) is 5.82 Å². The van der Waals surface area contributed by atoms with Gasteiger partial charge in [0.25, 0.3) is 0 Å². The highest BCUT2D eigenvalue weighted by Crippen LogP contribution is 2.47. The zero-order valence-electron chi connectivity index (χ0n) is 14.8. The molecule has 1 saturated carbocycles. The van der Waals surface area contributed by atoms with Crippen LogP contribution >= 0.6 is 0 Å². The number of carbonyl (C=O) groups is 1.